The third kappa shape index (κ3) is 3.04. The number of pyridine rings is 1. The lowest BCUT2D eigenvalue weighted by Crippen LogP contribution is -2.59. The van der Waals surface area contributed by atoms with Gasteiger partial charge in [-0.05, 0) is 43.4 Å². The summed E-state index contributed by atoms with van der Waals surface area (Å²) in [4.78, 5) is 18.3. The van der Waals surface area contributed by atoms with Crippen LogP contribution >= 0.6 is 0 Å². The second-order valence-electron chi connectivity index (χ2n) is 7.97. The molecule has 3 fully saturated rings. The van der Waals surface area contributed by atoms with E-state index in [9.17, 15) is 4.79 Å². The Balaban J connectivity index is 1.61. The minimum absolute atomic E-state index is 0.318. The van der Waals surface area contributed by atoms with Crippen molar-refractivity contribution in [1.82, 2.24) is 9.88 Å². The van der Waals surface area contributed by atoms with Crippen LogP contribution in [0, 0.1) is 11.8 Å². The van der Waals surface area contributed by atoms with Gasteiger partial charge in [-0.25, -0.2) is 0 Å². The topological polar surface area (TPSA) is 77.7 Å². The number of methoxy groups -OCH3 is 1. The Kier molecular flexibility index (Phi) is 4.99. The Morgan fingerprint density at radius 2 is 2.12 bits per heavy atom. The van der Waals surface area contributed by atoms with Gasteiger partial charge in [0.15, 0.2) is 0 Å². The minimum Gasteiger partial charge on any atom is -0.377 e. The molecule has 6 heteroatoms. The Bertz CT molecular complexity index is 645. The molecule has 1 saturated carbocycles. The number of piperidine rings is 1. The van der Waals surface area contributed by atoms with Crippen molar-refractivity contribution in [3.05, 3.63) is 29.6 Å². The van der Waals surface area contributed by atoms with Gasteiger partial charge in [0.1, 0.15) is 11.3 Å². The molecule has 1 aliphatic carbocycles. The van der Waals surface area contributed by atoms with E-state index in [2.05, 4.69) is 9.88 Å². The summed E-state index contributed by atoms with van der Waals surface area (Å²) in [6, 6.07) is 3.84. The van der Waals surface area contributed by atoms with Gasteiger partial charge in [-0.3, -0.25) is 14.7 Å². The van der Waals surface area contributed by atoms with Crippen LogP contribution in [0.2, 0.25) is 0 Å². The highest BCUT2D eigenvalue weighted by Crippen LogP contribution is 2.51. The first kappa shape index (κ1) is 17.9. The molecule has 0 aromatic carbocycles. The number of hydrogen-bond donors (Lipinski definition) is 1. The Labute approximate surface area is 155 Å². The van der Waals surface area contributed by atoms with Gasteiger partial charge < -0.3 is 15.2 Å². The molecule has 2 unspecified atom stereocenters. The van der Waals surface area contributed by atoms with E-state index >= 15 is 0 Å². The quantitative estimate of drug-likeness (QED) is 0.869. The Morgan fingerprint density at radius 1 is 1.35 bits per heavy atom. The van der Waals surface area contributed by atoms with Crippen molar-refractivity contribution >= 4 is 5.91 Å². The molecule has 2 bridgehead atoms. The van der Waals surface area contributed by atoms with Crippen LogP contribution in [0.3, 0.4) is 0 Å². The third-order valence-corrected chi connectivity index (χ3v) is 6.56. The molecular formula is C20H29N3O3. The van der Waals surface area contributed by atoms with E-state index < -0.39 is 5.91 Å². The lowest BCUT2D eigenvalue weighted by atomic mass is 9.62. The molecule has 1 amide bonds. The van der Waals surface area contributed by atoms with Crippen LogP contribution in [-0.2, 0) is 15.1 Å². The van der Waals surface area contributed by atoms with Crippen molar-refractivity contribution in [3.8, 4) is 0 Å². The smallest absolute Gasteiger partial charge is 0.267 e. The first-order chi connectivity index (χ1) is 12.6. The molecule has 2 aliphatic heterocycles. The summed E-state index contributed by atoms with van der Waals surface area (Å²) in [6.45, 7) is 3.95. The van der Waals surface area contributed by atoms with Gasteiger partial charge in [0.25, 0.3) is 5.91 Å². The molecule has 0 radical (unpaired) electrons. The highest BCUT2D eigenvalue weighted by molar-refractivity contribution is 5.90. The molecule has 3 atom stereocenters. The number of hydrogen-bond acceptors (Lipinski definition) is 5. The van der Waals surface area contributed by atoms with E-state index in [0.717, 1.165) is 44.6 Å². The number of carbonyl (C=O) groups is 1. The summed E-state index contributed by atoms with van der Waals surface area (Å²) in [5, 5.41) is 0. The average Bonchev–Trinajstić information content (AvgIpc) is 3.14. The first-order valence-electron chi connectivity index (χ1n) is 9.79. The maximum Gasteiger partial charge on any atom is 0.267 e. The summed E-state index contributed by atoms with van der Waals surface area (Å²) < 4.78 is 12.1. The number of aromatic nitrogens is 1. The predicted octanol–water partition coefficient (Wildman–Crippen LogP) is 1.93. The zero-order chi connectivity index (χ0) is 18.1. The van der Waals surface area contributed by atoms with Gasteiger partial charge in [-0.2, -0.15) is 0 Å². The van der Waals surface area contributed by atoms with Gasteiger partial charge in [-0.15, -0.1) is 0 Å². The zero-order valence-corrected chi connectivity index (χ0v) is 15.5. The Morgan fingerprint density at radius 3 is 2.73 bits per heavy atom. The van der Waals surface area contributed by atoms with Crippen LogP contribution in [0.25, 0.3) is 0 Å². The summed E-state index contributed by atoms with van der Waals surface area (Å²) in [7, 11) is 1.81. The highest BCUT2D eigenvalue weighted by atomic mass is 16.5. The van der Waals surface area contributed by atoms with Gasteiger partial charge >= 0.3 is 0 Å². The SMILES string of the molecule is COC1(c2ccnc(C(N)=O)c2)C2CCCC1CN(C[C@@H]1CCCO1)C2. The van der Waals surface area contributed by atoms with Crippen molar-refractivity contribution in [2.24, 2.45) is 17.6 Å². The summed E-state index contributed by atoms with van der Waals surface area (Å²) >= 11 is 0. The van der Waals surface area contributed by atoms with Gasteiger partial charge in [-0.1, -0.05) is 6.42 Å². The minimum atomic E-state index is -0.487. The van der Waals surface area contributed by atoms with E-state index in [0.29, 0.717) is 23.6 Å². The largest absolute Gasteiger partial charge is 0.377 e. The van der Waals surface area contributed by atoms with Crippen molar-refractivity contribution in [3.63, 3.8) is 0 Å². The number of primary amides is 1. The number of likely N-dealkylation sites (tertiary alicyclic amines) is 1. The highest BCUT2D eigenvalue weighted by Gasteiger charge is 2.53. The molecule has 4 rings (SSSR count). The first-order valence-corrected chi connectivity index (χ1v) is 9.79. The fourth-order valence-electron chi connectivity index (χ4n) is 5.48. The van der Waals surface area contributed by atoms with Crippen LogP contribution in [-0.4, -0.2) is 55.2 Å². The fraction of sp³-hybridized carbons (Fsp3) is 0.700. The predicted molar refractivity (Wildman–Crippen MR) is 97.7 cm³/mol. The molecule has 2 saturated heterocycles. The van der Waals surface area contributed by atoms with Crippen molar-refractivity contribution < 1.29 is 14.3 Å². The maximum absolute atomic E-state index is 11.6. The maximum atomic E-state index is 11.6. The van der Waals surface area contributed by atoms with Crippen molar-refractivity contribution in [2.75, 3.05) is 33.4 Å². The third-order valence-electron chi connectivity index (χ3n) is 6.56. The van der Waals surface area contributed by atoms with Gasteiger partial charge in [0, 0.05) is 51.4 Å². The molecular weight excluding hydrogens is 330 g/mol. The van der Waals surface area contributed by atoms with Crippen molar-refractivity contribution in [1.29, 1.82) is 0 Å². The van der Waals surface area contributed by atoms with Crippen LogP contribution in [0.15, 0.2) is 18.3 Å². The number of carbonyl (C=O) groups excluding carboxylic acids is 1. The van der Waals surface area contributed by atoms with E-state index in [-0.39, 0.29) is 5.60 Å². The molecule has 0 spiro atoms. The molecule has 3 aliphatic rings. The van der Waals surface area contributed by atoms with Gasteiger partial charge in [0.05, 0.1) is 6.10 Å². The lowest BCUT2D eigenvalue weighted by Gasteiger charge is -2.55. The van der Waals surface area contributed by atoms with Crippen LogP contribution < -0.4 is 5.73 Å². The van der Waals surface area contributed by atoms with Crippen LogP contribution in [0.4, 0.5) is 0 Å². The molecule has 3 heterocycles. The van der Waals surface area contributed by atoms with Crippen molar-refractivity contribution in [2.45, 2.75) is 43.8 Å². The summed E-state index contributed by atoms with van der Waals surface area (Å²) in [6.07, 6.45) is 7.94. The van der Waals surface area contributed by atoms with Crippen LogP contribution in [0.1, 0.15) is 48.2 Å². The number of amides is 1. The van der Waals surface area contributed by atoms with E-state index in [1.54, 1.807) is 6.20 Å². The van der Waals surface area contributed by atoms with E-state index in [1.165, 1.54) is 19.3 Å². The second-order valence-corrected chi connectivity index (χ2v) is 7.97. The number of fused-ring (bicyclic) bond motifs is 2. The van der Waals surface area contributed by atoms with Crippen LogP contribution in [0.5, 0.6) is 0 Å². The molecule has 1 aromatic rings. The Hall–Kier alpha value is -1.50. The molecule has 6 nitrogen and oxygen atoms in total. The number of nitrogens with zero attached hydrogens (tertiary/aromatic N) is 2. The monoisotopic (exact) mass is 359 g/mol. The molecule has 142 valence electrons. The molecule has 2 N–H and O–H groups in total. The van der Waals surface area contributed by atoms with E-state index in [4.69, 9.17) is 15.2 Å². The average molecular weight is 359 g/mol. The number of nitrogens with two attached hydrogens (primary N) is 1. The van der Waals surface area contributed by atoms with Gasteiger partial charge in [0.2, 0.25) is 0 Å². The fourth-order valence-corrected chi connectivity index (χ4v) is 5.48. The normalized spacial score (nSPS) is 34.7. The second kappa shape index (κ2) is 7.25. The molecule has 26 heavy (non-hydrogen) atoms. The summed E-state index contributed by atoms with van der Waals surface area (Å²) in [5.41, 5.74) is 6.48. The standard InChI is InChI=1S/C20H29N3O3/c1-25-20(14-7-8-22-18(10-14)19(21)24)15-4-2-5-16(20)12-23(11-15)13-17-6-3-9-26-17/h7-8,10,15-17H,2-6,9,11-13H2,1H3,(H2,21,24)/t15?,16?,17-,20?/m0/s1. The zero-order valence-electron chi connectivity index (χ0n) is 15.5. The number of ether oxygens (including phenoxy) is 2. The van der Waals surface area contributed by atoms with E-state index in [1.807, 2.05) is 19.2 Å². The lowest BCUT2D eigenvalue weighted by molar-refractivity contribution is -0.171. The number of rotatable bonds is 5. The molecule has 1 aromatic heterocycles. The summed E-state index contributed by atoms with van der Waals surface area (Å²) in [5.74, 6) is 0.327.